The summed E-state index contributed by atoms with van der Waals surface area (Å²) < 4.78 is 15.1. The van der Waals surface area contributed by atoms with E-state index in [0.29, 0.717) is 17.3 Å². The predicted octanol–water partition coefficient (Wildman–Crippen LogP) is 3.75. The fraction of sp³-hybridized carbons (Fsp3) is 0.200. The number of rotatable bonds is 6. The van der Waals surface area contributed by atoms with Gasteiger partial charge in [0.1, 0.15) is 5.82 Å². The Hall–Kier alpha value is -3.06. The number of aryl methyl sites for hydroxylation is 1. The summed E-state index contributed by atoms with van der Waals surface area (Å²) in [7, 11) is 0. The average molecular weight is 401 g/mol. The molecule has 0 unspecified atom stereocenters. The van der Waals surface area contributed by atoms with E-state index >= 15 is 0 Å². The van der Waals surface area contributed by atoms with Crippen molar-refractivity contribution in [2.45, 2.75) is 26.3 Å². The lowest BCUT2D eigenvalue weighted by Crippen LogP contribution is -2.29. The lowest BCUT2D eigenvalue weighted by atomic mass is 10.1. The highest BCUT2D eigenvalue weighted by molar-refractivity contribution is 6.33. The van der Waals surface area contributed by atoms with Crippen molar-refractivity contribution in [3.63, 3.8) is 0 Å². The minimum Gasteiger partial charge on any atom is -0.267 e. The number of nitrogens with one attached hydrogen (secondary N) is 1. The van der Waals surface area contributed by atoms with Gasteiger partial charge in [0.05, 0.1) is 16.6 Å². The van der Waals surface area contributed by atoms with Crippen molar-refractivity contribution >= 4 is 34.5 Å². The van der Waals surface area contributed by atoms with Crippen LogP contribution in [0.5, 0.6) is 0 Å². The van der Waals surface area contributed by atoms with Gasteiger partial charge in [0, 0.05) is 17.5 Å². The van der Waals surface area contributed by atoms with Crippen LogP contribution in [-0.2, 0) is 6.54 Å². The first-order valence-electron chi connectivity index (χ1n) is 8.80. The highest BCUT2D eigenvalue weighted by Crippen LogP contribution is 2.17. The molecule has 1 heterocycles. The summed E-state index contributed by atoms with van der Waals surface area (Å²) in [6.07, 6.45) is 2.78. The summed E-state index contributed by atoms with van der Waals surface area (Å²) in [6.45, 7) is 2.41. The topological polar surface area (TPSA) is 76.3 Å². The molecule has 0 fully saturated rings. The van der Waals surface area contributed by atoms with Crippen LogP contribution < -0.4 is 11.0 Å². The summed E-state index contributed by atoms with van der Waals surface area (Å²) in [5.41, 5.74) is 2.21. The molecule has 0 atom stereocenters. The molecule has 0 aliphatic heterocycles. The number of halogens is 2. The van der Waals surface area contributed by atoms with E-state index < -0.39 is 11.7 Å². The van der Waals surface area contributed by atoms with Crippen LogP contribution >= 0.6 is 11.6 Å². The van der Waals surface area contributed by atoms with Gasteiger partial charge in [-0.3, -0.25) is 9.59 Å². The Bertz CT molecular complexity index is 1090. The molecule has 3 aromatic rings. The molecule has 3 rings (SSSR count). The standard InChI is InChI=1S/C20H18ClFN4O2/c1-2-3-11-26-20(28)14-8-5-4-7-13(14)18(25-26)19(27)24-23-12-15-16(21)9-6-10-17(15)22/h4-10,12H,2-3,11H2,1H3,(H,24,27)/b23-12-. The third kappa shape index (κ3) is 4.09. The fourth-order valence-corrected chi connectivity index (χ4v) is 2.92. The normalized spacial score (nSPS) is 11.2. The average Bonchev–Trinajstić information content (AvgIpc) is 2.69. The highest BCUT2D eigenvalue weighted by atomic mass is 35.5. The molecule has 1 amide bonds. The number of unbranched alkanes of at least 4 members (excludes halogenated alkanes) is 1. The van der Waals surface area contributed by atoms with Gasteiger partial charge in [-0.25, -0.2) is 14.5 Å². The van der Waals surface area contributed by atoms with Gasteiger partial charge in [-0.2, -0.15) is 10.2 Å². The smallest absolute Gasteiger partial charge is 0.267 e. The lowest BCUT2D eigenvalue weighted by molar-refractivity contribution is 0.0949. The van der Waals surface area contributed by atoms with Gasteiger partial charge >= 0.3 is 0 Å². The van der Waals surface area contributed by atoms with Crippen LogP contribution in [0.1, 0.15) is 35.8 Å². The Morgan fingerprint density at radius 1 is 1.25 bits per heavy atom. The predicted molar refractivity (Wildman–Crippen MR) is 107 cm³/mol. The van der Waals surface area contributed by atoms with Gasteiger partial charge < -0.3 is 0 Å². The number of benzene rings is 2. The van der Waals surface area contributed by atoms with E-state index in [1.165, 1.54) is 22.9 Å². The maximum absolute atomic E-state index is 13.8. The van der Waals surface area contributed by atoms with Gasteiger partial charge in [-0.1, -0.05) is 49.2 Å². The molecule has 0 aliphatic carbocycles. The largest absolute Gasteiger partial charge is 0.292 e. The Morgan fingerprint density at radius 3 is 2.71 bits per heavy atom. The van der Waals surface area contributed by atoms with Crippen molar-refractivity contribution in [3.05, 3.63) is 74.9 Å². The van der Waals surface area contributed by atoms with E-state index in [0.717, 1.165) is 19.1 Å². The molecule has 0 radical (unpaired) electrons. The van der Waals surface area contributed by atoms with Crippen LogP contribution in [-0.4, -0.2) is 21.9 Å². The quantitative estimate of drug-likeness (QED) is 0.505. The van der Waals surface area contributed by atoms with Crippen LogP contribution in [0.15, 0.2) is 52.4 Å². The molecule has 144 valence electrons. The highest BCUT2D eigenvalue weighted by Gasteiger charge is 2.16. The molecule has 0 aliphatic rings. The molecular weight excluding hydrogens is 383 g/mol. The molecule has 8 heteroatoms. The van der Waals surface area contributed by atoms with Crippen molar-refractivity contribution in [3.8, 4) is 0 Å². The van der Waals surface area contributed by atoms with E-state index in [2.05, 4.69) is 15.6 Å². The monoisotopic (exact) mass is 400 g/mol. The second-order valence-electron chi connectivity index (χ2n) is 6.11. The molecule has 6 nitrogen and oxygen atoms in total. The minimum absolute atomic E-state index is 0.0650. The maximum atomic E-state index is 13.8. The van der Waals surface area contributed by atoms with Crippen LogP contribution in [0.3, 0.4) is 0 Å². The third-order valence-electron chi connectivity index (χ3n) is 4.17. The number of amides is 1. The molecule has 1 N–H and O–H groups in total. The van der Waals surface area contributed by atoms with Crippen LogP contribution in [0.25, 0.3) is 10.8 Å². The van der Waals surface area contributed by atoms with Gasteiger partial charge in [-0.05, 0) is 24.6 Å². The Morgan fingerprint density at radius 2 is 2.00 bits per heavy atom. The Kier molecular flexibility index (Phi) is 6.16. The molecule has 0 bridgehead atoms. The fourth-order valence-electron chi connectivity index (χ4n) is 2.70. The number of carbonyl (C=O) groups is 1. The van der Waals surface area contributed by atoms with Crippen LogP contribution in [0, 0.1) is 5.82 Å². The van der Waals surface area contributed by atoms with Crippen LogP contribution in [0.2, 0.25) is 5.02 Å². The summed E-state index contributed by atoms with van der Waals surface area (Å²) in [6, 6.07) is 11.0. The number of nitrogens with zero attached hydrogens (tertiary/aromatic N) is 3. The molecule has 0 spiro atoms. The SMILES string of the molecule is CCCCn1nc(C(=O)N/N=C\c2c(F)cccc2Cl)c2ccccc2c1=O. The van der Waals surface area contributed by atoms with E-state index in [1.807, 2.05) is 6.92 Å². The number of hydrogen-bond donors (Lipinski definition) is 1. The van der Waals surface area contributed by atoms with Gasteiger partial charge in [0.25, 0.3) is 11.5 Å². The number of hydrazone groups is 1. The van der Waals surface area contributed by atoms with Gasteiger partial charge in [0.2, 0.25) is 0 Å². The summed E-state index contributed by atoms with van der Waals surface area (Å²) >= 11 is 5.93. The number of carbonyl (C=O) groups excluding carboxylic acids is 1. The van der Waals surface area contributed by atoms with Crippen molar-refractivity contribution in [1.29, 1.82) is 0 Å². The summed E-state index contributed by atoms with van der Waals surface area (Å²) in [4.78, 5) is 25.2. The zero-order valence-corrected chi connectivity index (χ0v) is 15.9. The summed E-state index contributed by atoms with van der Waals surface area (Å²) in [5.74, 6) is -1.16. The van der Waals surface area contributed by atoms with Gasteiger partial charge in [-0.15, -0.1) is 0 Å². The zero-order valence-electron chi connectivity index (χ0n) is 15.2. The number of fused-ring (bicyclic) bond motifs is 1. The first-order chi connectivity index (χ1) is 13.5. The molecule has 1 aromatic heterocycles. The molecule has 28 heavy (non-hydrogen) atoms. The molecule has 0 saturated carbocycles. The molecule has 2 aromatic carbocycles. The lowest BCUT2D eigenvalue weighted by Gasteiger charge is -2.09. The Balaban J connectivity index is 1.94. The van der Waals surface area contributed by atoms with E-state index in [9.17, 15) is 14.0 Å². The first kappa shape index (κ1) is 19.7. The van der Waals surface area contributed by atoms with E-state index in [4.69, 9.17) is 11.6 Å². The third-order valence-corrected chi connectivity index (χ3v) is 4.50. The van der Waals surface area contributed by atoms with Gasteiger partial charge in [0.15, 0.2) is 5.69 Å². The minimum atomic E-state index is -0.606. The zero-order chi connectivity index (χ0) is 20.1. The number of aromatic nitrogens is 2. The molecular formula is C20H18ClFN4O2. The van der Waals surface area contributed by atoms with E-state index in [-0.39, 0.29) is 21.8 Å². The van der Waals surface area contributed by atoms with Crippen molar-refractivity contribution in [2.75, 3.05) is 0 Å². The molecule has 0 saturated heterocycles. The van der Waals surface area contributed by atoms with Crippen LogP contribution in [0.4, 0.5) is 4.39 Å². The second-order valence-corrected chi connectivity index (χ2v) is 6.52. The van der Waals surface area contributed by atoms with Crippen molar-refractivity contribution in [2.24, 2.45) is 5.10 Å². The Labute approximate surface area is 165 Å². The second kappa shape index (κ2) is 8.75. The summed E-state index contributed by atoms with van der Waals surface area (Å²) in [5, 5.41) is 9.01. The maximum Gasteiger partial charge on any atom is 0.292 e. The van der Waals surface area contributed by atoms with Crippen molar-refractivity contribution in [1.82, 2.24) is 15.2 Å². The number of hydrogen-bond acceptors (Lipinski definition) is 4. The van der Waals surface area contributed by atoms with E-state index in [1.54, 1.807) is 24.3 Å². The van der Waals surface area contributed by atoms with Crippen molar-refractivity contribution < 1.29 is 9.18 Å². The first-order valence-corrected chi connectivity index (χ1v) is 9.18.